The average Bonchev–Trinajstić information content (AvgIpc) is 2.71. The summed E-state index contributed by atoms with van der Waals surface area (Å²) in [5, 5.41) is 8.76. The Labute approximate surface area is 82.3 Å². The summed E-state index contributed by atoms with van der Waals surface area (Å²) in [6.07, 6.45) is 6.68. The van der Waals surface area contributed by atoms with Crippen LogP contribution in [0.5, 0.6) is 0 Å². The van der Waals surface area contributed by atoms with Crippen molar-refractivity contribution in [2.75, 3.05) is 0 Å². The second-order valence-electron chi connectivity index (χ2n) is 3.81. The Morgan fingerprint density at radius 3 is 2.86 bits per heavy atom. The van der Waals surface area contributed by atoms with Gasteiger partial charge in [-0.3, -0.25) is 0 Å². The molecule has 1 aliphatic rings. The Kier molecular flexibility index (Phi) is 2.29. The SMILES string of the molecule is NC1CCCC1n1ccc(C(=O)O)c1. The molecule has 0 aliphatic heterocycles. The zero-order valence-corrected chi connectivity index (χ0v) is 7.89. The fraction of sp³-hybridized carbons (Fsp3) is 0.500. The number of hydrogen-bond acceptors (Lipinski definition) is 2. The summed E-state index contributed by atoms with van der Waals surface area (Å²) in [6.45, 7) is 0. The van der Waals surface area contributed by atoms with Crippen LogP contribution in [0, 0.1) is 0 Å². The van der Waals surface area contributed by atoms with Gasteiger partial charge in [0.25, 0.3) is 0 Å². The standard InChI is InChI=1S/C10H14N2O2/c11-8-2-1-3-9(8)12-5-4-7(6-12)10(13)14/h4-6,8-9H,1-3,11H2,(H,13,14). The highest BCUT2D eigenvalue weighted by Crippen LogP contribution is 2.28. The van der Waals surface area contributed by atoms with Gasteiger partial charge in [0.05, 0.1) is 5.56 Å². The summed E-state index contributed by atoms with van der Waals surface area (Å²) in [7, 11) is 0. The lowest BCUT2D eigenvalue weighted by Gasteiger charge is -2.16. The number of aromatic nitrogens is 1. The van der Waals surface area contributed by atoms with E-state index in [1.54, 1.807) is 18.5 Å². The van der Waals surface area contributed by atoms with E-state index in [-0.39, 0.29) is 12.1 Å². The Balaban J connectivity index is 2.20. The Morgan fingerprint density at radius 2 is 2.36 bits per heavy atom. The number of hydrogen-bond donors (Lipinski definition) is 2. The third kappa shape index (κ3) is 1.53. The second kappa shape index (κ2) is 3.46. The van der Waals surface area contributed by atoms with Gasteiger partial charge in [-0.05, 0) is 25.3 Å². The number of nitrogens with two attached hydrogens (primary N) is 1. The molecule has 2 rings (SSSR count). The normalized spacial score (nSPS) is 26.6. The number of aromatic carboxylic acids is 1. The van der Waals surface area contributed by atoms with E-state index in [4.69, 9.17) is 10.8 Å². The minimum absolute atomic E-state index is 0.170. The molecule has 1 aliphatic carbocycles. The smallest absolute Gasteiger partial charge is 0.337 e. The van der Waals surface area contributed by atoms with Crippen molar-refractivity contribution in [2.24, 2.45) is 5.73 Å². The summed E-state index contributed by atoms with van der Waals surface area (Å²) in [6, 6.07) is 2.07. The summed E-state index contributed by atoms with van der Waals surface area (Å²) >= 11 is 0. The van der Waals surface area contributed by atoms with Crippen LogP contribution in [0.3, 0.4) is 0 Å². The molecule has 0 aromatic carbocycles. The topological polar surface area (TPSA) is 68.2 Å². The third-order valence-corrected chi connectivity index (χ3v) is 2.88. The van der Waals surface area contributed by atoms with Crippen molar-refractivity contribution in [3.8, 4) is 0 Å². The Hall–Kier alpha value is -1.29. The minimum atomic E-state index is -0.879. The van der Waals surface area contributed by atoms with Crippen LogP contribution in [0.1, 0.15) is 35.7 Å². The highest BCUT2D eigenvalue weighted by molar-refractivity contribution is 5.87. The molecule has 0 bridgehead atoms. The predicted octanol–water partition coefficient (Wildman–Crippen LogP) is 1.24. The van der Waals surface area contributed by atoms with E-state index >= 15 is 0 Å². The monoisotopic (exact) mass is 194 g/mol. The lowest BCUT2D eigenvalue weighted by atomic mass is 10.2. The maximum Gasteiger partial charge on any atom is 0.337 e. The lowest BCUT2D eigenvalue weighted by molar-refractivity contribution is 0.0696. The summed E-state index contributed by atoms with van der Waals surface area (Å²) < 4.78 is 1.93. The summed E-state index contributed by atoms with van der Waals surface area (Å²) in [4.78, 5) is 10.7. The van der Waals surface area contributed by atoms with Gasteiger partial charge in [-0.25, -0.2) is 4.79 Å². The summed E-state index contributed by atoms with van der Waals surface area (Å²) in [5.41, 5.74) is 6.27. The molecule has 2 atom stereocenters. The maximum atomic E-state index is 10.7. The van der Waals surface area contributed by atoms with Crippen LogP contribution < -0.4 is 5.73 Å². The molecule has 0 amide bonds. The molecule has 0 radical (unpaired) electrons. The van der Waals surface area contributed by atoms with E-state index in [1.165, 1.54) is 0 Å². The first kappa shape index (κ1) is 9.27. The fourth-order valence-corrected chi connectivity index (χ4v) is 2.09. The first-order chi connectivity index (χ1) is 6.68. The van der Waals surface area contributed by atoms with Crippen molar-refractivity contribution in [3.63, 3.8) is 0 Å². The molecule has 2 unspecified atom stereocenters. The van der Waals surface area contributed by atoms with Crippen molar-refractivity contribution < 1.29 is 9.90 Å². The van der Waals surface area contributed by atoms with Crippen LogP contribution in [-0.4, -0.2) is 21.7 Å². The molecule has 1 fully saturated rings. The molecule has 4 heteroatoms. The van der Waals surface area contributed by atoms with E-state index in [2.05, 4.69) is 0 Å². The zero-order valence-electron chi connectivity index (χ0n) is 7.89. The molecule has 3 N–H and O–H groups in total. The van der Waals surface area contributed by atoms with Gasteiger partial charge in [-0.15, -0.1) is 0 Å². The largest absolute Gasteiger partial charge is 0.478 e. The number of carbonyl (C=O) groups is 1. The maximum absolute atomic E-state index is 10.7. The highest BCUT2D eigenvalue weighted by atomic mass is 16.4. The molecule has 0 saturated heterocycles. The van der Waals surface area contributed by atoms with Crippen LogP contribution in [0.15, 0.2) is 18.5 Å². The fourth-order valence-electron chi connectivity index (χ4n) is 2.09. The molecule has 4 nitrogen and oxygen atoms in total. The van der Waals surface area contributed by atoms with Crippen molar-refractivity contribution in [1.82, 2.24) is 4.57 Å². The Bertz CT molecular complexity index is 346. The van der Waals surface area contributed by atoms with E-state index in [0.29, 0.717) is 5.56 Å². The highest BCUT2D eigenvalue weighted by Gasteiger charge is 2.25. The van der Waals surface area contributed by atoms with Gasteiger partial charge in [-0.2, -0.15) is 0 Å². The van der Waals surface area contributed by atoms with Crippen LogP contribution in [0.4, 0.5) is 0 Å². The minimum Gasteiger partial charge on any atom is -0.478 e. The van der Waals surface area contributed by atoms with Gasteiger partial charge in [0.2, 0.25) is 0 Å². The molecule has 1 heterocycles. The van der Waals surface area contributed by atoms with Crippen LogP contribution in [0.2, 0.25) is 0 Å². The average molecular weight is 194 g/mol. The van der Waals surface area contributed by atoms with Gasteiger partial charge in [-0.1, -0.05) is 0 Å². The second-order valence-corrected chi connectivity index (χ2v) is 3.81. The van der Waals surface area contributed by atoms with E-state index in [9.17, 15) is 4.79 Å². The predicted molar refractivity (Wildman–Crippen MR) is 52.3 cm³/mol. The molecule has 1 saturated carbocycles. The lowest BCUT2D eigenvalue weighted by Crippen LogP contribution is -2.26. The Morgan fingerprint density at radius 1 is 1.57 bits per heavy atom. The van der Waals surface area contributed by atoms with Gasteiger partial charge in [0, 0.05) is 24.5 Å². The quantitative estimate of drug-likeness (QED) is 0.744. The number of carboxylic acid groups (broad SMARTS) is 1. The van der Waals surface area contributed by atoms with Crippen molar-refractivity contribution in [1.29, 1.82) is 0 Å². The number of carboxylic acids is 1. The third-order valence-electron chi connectivity index (χ3n) is 2.88. The molecule has 76 valence electrons. The molecule has 14 heavy (non-hydrogen) atoms. The van der Waals surface area contributed by atoms with Gasteiger partial charge >= 0.3 is 5.97 Å². The van der Waals surface area contributed by atoms with E-state index in [0.717, 1.165) is 19.3 Å². The van der Waals surface area contributed by atoms with Crippen LogP contribution >= 0.6 is 0 Å². The van der Waals surface area contributed by atoms with E-state index in [1.807, 2.05) is 4.57 Å². The van der Waals surface area contributed by atoms with Gasteiger partial charge < -0.3 is 15.4 Å². The van der Waals surface area contributed by atoms with Gasteiger partial charge in [0.1, 0.15) is 0 Å². The van der Waals surface area contributed by atoms with Crippen LogP contribution in [-0.2, 0) is 0 Å². The molecular weight excluding hydrogens is 180 g/mol. The molecule has 0 spiro atoms. The first-order valence-corrected chi connectivity index (χ1v) is 4.85. The van der Waals surface area contributed by atoms with Gasteiger partial charge in [0.15, 0.2) is 0 Å². The number of rotatable bonds is 2. The van der Waals surface area contributed by atoms with Crippen molar-refractivity contribution >= 4 is 5.97 Å². The van der Waals surface area contributed by atoms with Crippen molar-refractivity contribution in [2.45, 2.75) is 31.3 Å². The molecular formula is C10H14N2O2. The van der Waals surface area contributed by atoms with Crippen molar-refractivity contribution in [3.05, 3.63) is 24.0 Å². The molecule has 1 aromatic rings. The number of nitrogens with zero attached hydrogens (tertiary/aromatic N) is 1. The van der Waals surface area contributed by atoms with Crippen LogP contribution in [0.25, 0.3) is 0 Å². The van der Waals surface area contributed by atoms with E-state index < -0.39 is 5.97 Å². The first-order valence-electron chi connectivity index (χ1n) is 4.85. The summed E-state index contributed by atoms with van der Waals surface area (Å²) in [5.74, 6) is -0.879. The zero-order chi connectivity index (χ0) is 10.1. The molecule has 1 aromatic heterocycles.